The van der Waals surface area contributed by atoms with Gasteiger partial charge in [-0.1, -0.05) is 35.5 Å². The summed E-state index contributed by atoms with van der Waals surface area (Å²) in [4.78, 5) is 4.22. The Morgan fingerprint density at radius 3 is 2.81 bits per heavy atom. The van der Waals surface area contributed by atoms with Gasteiger partial charge in [0.05, 0.1) is 16.6 Å². The van der Waals surface area contributed by atoms with Crippen LogP contribution in [0.25, 0.3) is 33.3 Å². The van der Waals surface area contributed by atoms with E-state index < -0.39 is 0 Å². The van der Waals surface area contributed by atoms with Crippen molar-refractivity contribution in [2.75, 3.05) is 0 Å². The Balaban J connectivity index is 1.35. The standard InChI is InChI=1S/C20H14N4O3/c1-12-17-9-15(10-21-20(17)27-24-12)19-23-22-18(26-19)11-25-16-7-6-13-4-2-3-5-14(13)8-16/h2-10H,11H2,1H3. The summed E-state index contributed by atoms with van der Waals surface area (Å²) >= 11 is 0. The maximum atomic E-state index is 5.79. The van der Waals surface area contributed by atoms with Crippen LogP contribution in [-0.4, -0.2) is 20.3 Å². The molecule has 0 N–H and O–H groups in total. The van der Waals surface area contributed by atoms with E-state index in [9.17, 15) is 0 Å². The molecule has 3 aromatic heterocycles. The third kappa shape index (κ3) is 2.89. The molecule has 3 heterocycles. The molecule has 0 radical (unpaired) electrons. The maximum Gasteiger partial charge on any atom is 0.257 e. The number of ether oxygens (including phenoxy) is 1. The summed E-state index contributed by atoms with van der Waals surface area (Å²) in [5.74, 6) is 1.51. The van der Waals surface area contributed by atoms with Crippen LogP contribution >= 0.6 is 0 Å². The number of benzene rings is 2. The van der Waals surface area contributed by atoms with E-state index >= 15 is 0 Å². The molecule has 0 unspecified atom stereocenters. The molecule has 0 aliphatic rings. The van der Waals surface area contributed by atoms with E-state index in [4.69, 9.17) is 13.7 Å². The number of fused-ring (bicyclic) bond motifs is 2. The molecule has 27 heavy (non-hydrogen) atoms. The fourth-order valence-corrected chi connectivity index (χ4v) is 2.89. The molecule has 7 nitrogen and oxygen atoms in total. The third-order valence-corrected chi connectivity index (χ3v) is 4.31. The fourth-order valence-electron chi connectivity index (χ4n) is 2.89. The lowest BCUT2D eigenvalue weighted by atomic mass is 10.1. The first-order valence-corrected chi connectivity index (χ1v) is 8.43. The van der Waals surface area contributed by atoms with Gasteiger partial charge in [-0.05, 0) is 35.9 Å². The van der Waals surface area contributed by atoms with Crippen molar-refractivity contribution in [1.29, 1.82) is 0 Å². The second-order valence-electron chi connectivity index (χ2n) is 6.14. The highest BCUT2D eigenvalue weighted by molar-refractivity contribution is 5.83. The number of hydrogen-bond acceptors (Lipinski definition) is 7. The third-order valence-electron chi connectivity index (χ3n) is 4.31. The van der Waals surface area contributed by atoms with Gasteiger partial charge >= 0.3 is 0 Å². The molecule has 0 spiro atoms. The van der Waals surface area contributed by atoms with Crippen molar-refractivity contribution >= 4 is 21.9 Å². The minimum absolute atomic E-state index is 0.188. The lowest BCUT2D eigenvalue weighted by Gasteiger charge is -2.04. The Morgan fingerprint density at radius 1 is 1.00 bits per heavy atom. The van der Waals surface area contributed by atoms with E-state index in [0.29, 0.717) is 23.1 Å². The average Bonchev–Trinajstić information content (AvgIpc) is 3.33. The number of aromatic nitrogens is 4. The van der Waals surface area contributed by atoms with Crippen LogP contribution in [0.1, 0.15) is 11.6 Å². The van der Waals surface area contributed by atoms with Crippen LogP contribution in [-0.2, 0) is 6.61 Å². The number of hydrogen-bond donors (Lipinski definition) is 0. The average molecular weight is 358 g/mol. The molecule has 0 saturated heterocycles. The van der Waals surface area contributed by atoms with Gasteiger partial charge in [0.25, 0.3) is 11.6 Å². The fraction of sp³-hybridized carbons (Fsp3) is 0.100. The van der Waals surface area contributed by atoms with Crippen molar-refractivity contribution in [2.45, 2.75) is 13.5 Å². The van der Waals surface area contributed by atoms with Gasteiger partial charge in [0.1, 0.15) is 5.75 Å². The van der Waals surface area contributed by atoms with E-state index in [-0.39, 0.29) is 6.61 Å². The van der Waals surface area contributed by atoms with Gasteiger partial charge in [-0.2, -0.15) is 0 Å². The van der Waals surface area contributed by atoms with Crippen LogP contribution < -0.4 is 4.74 Å². The molecular weight excluding hydrogens is 344 g/mol. The molecule has 2 aromatic carbocycles. The highest BCUT2D eigenvalue weighted by atomic mass is 16.5. The van der Waals surface area contributed by atoms with Crippen molar-refractivity contribution in [1.82, 2.24) is 20.3 Å². The normalized spacial score (nSPS) is 11.3. The van der Waals surface area contributed by atoms with Crippen LogP contribution in [0.15, 0.2) is 63.7 Å². The summed E-state index contributed by atoms with van der Waals surface area (Å²) in [6.07, 6.45) is 1.62. The summed E-state index contributed by atoms with van der Waals surface area (Å²) in [7, 11) is 0. The molecule has 0 aliphatic heterocycles. The van der Waals surface area contributed by atoms with Crippen LogP contribution in [0.3, 0.4) is 0 Å². The van der Waals surface area contributed by atoms with Crippen LogP contribution in [0.2, 0.25) is 0 Å². The number of pyridine rings is 1. The Morgan fingerprint density at radius 2 is 1.89 bits per heavy atom. The van der Waals surface area contributed by atoms with Crippen LogP contribution in [0.5, 0.6) is 5.75 Å². The number of rotatable bonds is 4. The SMILES string of the molecule is Cc1noc2ncc(-c3nnc(COc4ccc5ccccc5c4)o3)cc12. The molecule has 5 rings (SSSR count). The van der Waals surface area contributed by atoms with E-state index in [1.807, 2.05) is 49.4 Å². The van der Waals surface area contributed by atoms with E-state index in [2.05, 4.69) is 26.4 Å². The highest BCUT2D eigenvalue weighted by Gasteiger charge is 2.13. The molecule has 0 bridgehead atoms. The van der Waals surface area contributed by atoms with Gasteiger partial charge in [0.2, 0.25) is 5.89 Å². The molecular formula is C20H14N4O3. The topological polar surface area (TPSA) is 87.1 Å². The molecule has 0 amide bonds. The van der Waals surface area contributed by atoms with Gasteiger partial charge < -0.3 is 13.7 Å². The predicted molar refractivity (Wildman–Crippen MR) is 98.1 cm³/mol. The zero-order valence-corrected chi connectivity index (χ0v) is 14.4. The van der Waals surface area contributed by atoms with E-state index in [1.165, 1.54) is 0 Å². The molecule has 0 fully saturated rings. The lowest BCUT2D eigenvalue weighted by Crippen LogP contribution is -1.95. The monoisotopic (exact) mass is 358 g/mol. The van der Waals surface area contributed by atoms with Crippen molar-refractivity contribution < 1.29 is 13.7 Å². The molecule has 132 valence electrons. The van der Waals surface area contributed by atoms with Crippen molar-refractivity contribution in [3.63, 3.8) is 0 Å². The molecule has 0 saturated carbocycles. The largest absolute Gasteiger partial charge is 0.484 e. The van der Waals surface area contributed by atoms with Gasteiger partial charge in [-0.25, -0.2) is 4.98 Å². The molecule has 5 aromatic rings. The summed E-state index contributed by atoms with van der Waals surface area (Å²) < 4.78 is 16.6. The number of aryl methyl sites for hydroxylation is 1. The Kier molecular flexibility index (Phi) is 3.57. The molecule has 7 heteroatoms. The van der Waals surface area contributed by atoms with Gasteiger partial charge in [0, 0.05) is 6.20 Å². The smallest absolute Gasteiger partial charge is 0.257 e. The molecule has 0 aliphatic carbocycles. The zero-order chi connectivity index (χ0) is 18.2. The summed E-state index contributed by atoms with van der Waals surface area (Å²) in [5, 5.41) is 15.1. The van der Waals surface area contributed by atoms with Crippen molar-refractivity contribution in [3.05, 3.63) is 66.3 Å². The Labute approximate surface area is 153 Å². The Bertz CT molecular complexity index is 1260. The molecule has 0 atom stereocenters. The minimum atomic E-state index is 0.188. The zero-order valence-electron chi connectivity index (χ0n) is 14.4. The van der Waals surface area contributed by atoms with E-state index in [0.717, 1.165) is 27.6 Å². The lowest BCUT2D eigenvalue weighted by molar-refractivity contribution is 0.265. The maximum absolute atomic E-state index is 5.79. The summed E-state index contributed by atoms with van der Waals surface area (Å²) in [6, 6.07) is 15.9. The summed E-state index contributed by atoms with van der Waals surface area (Å²) in [6.45, 7) is 2.04. The quantitative estimate of drug-likeness (QED) is 0.473. The van der Waals surface area contributed by atoms with Gasteiger partial charge in [-0.3, -0.25) is 0 Å². The first kappa shape index (κ1) is 15.5. The predicted octanol–water partition coefficient (Wildman–Crippen LogP) is 4.31. The first-order chi connectivity index (χ1) is 13.3. The van der Waals surface area contributed by atoms with Crippen LogP contribution in [0.4, 0.5) is 0 Å². The Hall–Kier alpha value is -3.74. The van der Waals surface area contributed by atoms with Gasteiger partial charge in [-0.15, -0.1) is 10.2 Å². The van der Waals surface area contributed by atoms with Crippen molar-refractivity contribution in [2.24, 2.45) is 0 Å². The van der Waals surface area contributed by atoms with Crippen molar-refractivity contribution in [3.8, 4) is 17.2 Å². The minimum Gasteiger partial charge on any atom is -0.484 e. The second kappa shape index (κ2) is 6.21. The first-order valence-electron chi connectivity index (χ1n) is 8.43. The highest BCUT2D eigenvalue weighted by Crippen LogP contribution is 2.25. The second-order valence-corrected chi connectivity index (χ2v) is 6.14. The van der Waals surface area contributed by atoms with E-state index in [1.54, 1.807) is 6.20 Å². The summed E-state index contributed by atoms with van der Waals surface area (Å²) in [5.41, 5.74) is 1.95. The number of nitrogens with zero attached hydrogens (tertiary/aromatic N) is 4. The van der Waals surface area contributed by atoms with Gasteiger partial charge in [0.15, 0.2) is 6.61 Å². The van der Waals surface area contributed by atoms with Crippen LogP contribution in [0, 0.1) is 6.92 Å².